The molecule has 4 N–H and O–H groups in total. The fourth-order valence-corrected chi connectivity index (χ4v) is 5.83. The standard InChI is InChI=1S/C34H53N5O6/c1-21(2)19-26(32(43)39-18-12-16-27(39)33(44)45-34(5,6)7)37-31(42)28(22(3)4)38-30(41)25(20-23-13-9-8-10-14-23)36-29(40)24-15-11-17-35-24/h8-10,13-14,21-22,24-28,35H,11-12,15-20H2,1-7H3,(H,36,40)(H,37,42)(H,38,41)/t24-,25-,26-,27-,28-/m0/s1. The summed E-state index contributed by atoms with van der Waals surface area (Å²) in [6.07, 6.45) is 3.36. The molecule has 2 fully saturated rings. The van der Waals surface area contributed by atoms with Crippen LogP contribution in [0.25, 0.3) is 0 Å². The molecule has 1 aromatic carbocycles. The average molecular weight is 628 g/mol. The summed E-state index contributed by atoms with van der Waals surface area (Å²) in [5.41, 5.74) is 0.185. The van der Waals surface area contributed by atoms with Crippen LogP contribution in [0.1, 0.15) is 86.1 Å². The first-order valence-electron chi connectivity index (χ1n) is 16.4. The van der Waals surface area contributed by atoms with Crippen LogP contribution in [0.5, 0.6) is 0 Å². The van der Waals surface area contributed by atoms with Crippen LogP contribution in [0.4, 0.5) is 0 Å². The zero-order chi connectivity index (χ0) is 33.3. The van der Waals surface area contributed by atoms with Gasteiger partial charge in [0.2, 0.25) is 23.6 Å². The Labute approximate surface area is 268 Å². The van der Waals surface area contributed by atoms with E-state index in [0.717, 1.165) is 18.5 Å². The van der Waals surface area contributed by atoms with Crippen molar-refractivity contribution in [1.82, 2.24) is 26.2 Å². The predicted molar refractivity (Wildman–Crippen MR) is 172 cm³/mol. The predicted octanol–water partition coefficient (Wildman–Crippen LogP) is 2.47. The Morgan fingerprint density at radius 3 is 2.18 bits per heavy atom. The fraction of sp³-hybridized carbons (Fsp3) is 0.676. The molecule has 3 rings (SSSR count). The minimum atomic E-state index is -0.958. The van der Waals surface area contributed by atoms with Gasteiger partial charge < -0.3 is 30.9 Å². The van der Waals surface area contributed by atoms with E-state index in [2.05, 4.69) is 21.3 Å². The second-order valence-electron chi connectivity index (χ2n) is 14.0. The highest BCUT2D eigenvalue weighted by Gasteiger charge is 2.41. The summed E-state index contributed by atoms with van der Waals surface area (Å²) < 4.78 is 5.58. The third-order valence-electron chi connectivity index (χ3n) is 8.08. The molecule has 0 unspecified atom stereocenters. The number of hydrogen-bond acceptors (Lipinski definition) is 7. The average Bonchev–Trinajstić information content (AvgIpc) is 3.67. The molecular formula is C34H53N5O6. The Morgan fingerprint density at radius 1 is 0.911 bits per heavy atom. The quantitative estimate of drug-likeness (QED) is 0.246. The van der Waals surface area contributed by atoms with Gasteiger partial charge in [0.25, 0.3) is 0 Å². The molecule has 2 aliphatic rings. The SMILES string of the molecule is CC(C)C[C@H](NC(=O)[C@@H](NC(=O)[C@H](Cc1ccccc1)NC(=O)[C@@H]1CCCN1)C(C)C)C(=O)N1CCC[C@H]1C(=O)OC(C)(C)C. The Bertz CT molecular complexity index is 1180. The molecule has 11 heteroatoms. The molecule has 0 bridgehead atoms. The number of carbonyl (C=O) groups is 5. The summed E-state index contributed by atoms with van der Waals surface area (Å²) in [5, 5.41) is 11.8. The van der Waals surface area contributed by atoms with Gasteiger partial charge in [-0.3, -0.25) is 19.2 Å². The van der Waals surface area contributed by atoms with E-state index in [1.54, 1.807) is 20.8 Å². The Kier molecular flexibility index (Phi) is 13.0. The fourth-order valence-electron chi connectivity index (χ4n) is 5.83. The lowest BCUT2D eigenvalue weighted by atomic mass is 9.98. The molecule has 11 nitrogen and oxygen atoms in total. The summed E-state index contributed by atoms with van der Waals surface area (Å²) in [4.78, 5) is 68.7. The summed E-state index contributed by atoms with van der Waals surface area (Å²) in [6.45, 7) is 14.1. The van der Waals surface area contributed by atoms with Gasteiger partial charge >= 0.3 is 5.97 Å². The summed E-state index contributed by atoms with van der Waals surface area (Å²) in [5.74, 6) is -2.24. The molecule has 0 aliphatic carbocycles. The molecular weight excluding hydrogens is 574 g/mol. The number of nitrogens with one attached hydrogen (secondary N) is 4. The second-order valence-corrected chi connectivity index (χ2v) is 14.0. The first-order chi connectivity index (χ1) is 21.2. The van der Waals surface area contributed by atoms with E-state index in [1.807, 2.05) is 58.0 Å². The number of nitrogens with zero attached hydrogens (tertiary/aromatic N) is 1. The van der Waals surface area contributed by atoms with Crippen LogP contribution >= 0.6 is 0 Å². The molecule has 0 spiro atoms. The van der Waals surface area contributed by atoms with Gasteiger partial charge in [-0.25, -0.2) is 4.79 Å². The molecule has 5 atom stereocenters. The van der Waals surface area contributed by atoms with Gasteiger partial charge in [-0.05, 0) is 76.8 Å². The van der Waals surface area contributed by atoms with E-state index in [0.29, 0.717) is 32.2 Å². The summed E-state index contributed by atoms with van der Waals surface area (Å²) >= 11 is 0. The van der Waals surface area contributed by atoms with Gasteiger partial charge in [-0.1, -0.05) is 58.0 Å². The Hall–Kier alpha value is -3.47. The maximum Gasteiger partial charge on any atom is 0.329 e. The van der Waals surface area contributed by atoms with Gasteiger partial charge in [0, 0.05) is 13.0 Å². The van der Waals surface area contributed by atoms with Gasteiger partial charge in [0.15, 0.2) is 0 Å². The maximum absolute atomic E-state index is 13.8. The zero-order valence-corrected chi connectivity index (χ0v) is 28.0. The highest BCUT2D eigenvalue weighted by Crippen LogP contribution is 2.23. The topological polar surface area (TPSA) is 146 Å². The van der Waals surface area contributed by atoms with Crippen molar-refractivity contribution >= 4 is 29.6 Å². The lowest BCUT2D eigenvalue weighted by Crippen LogP contribution is -2.60. The lowest BCUT2D eigenvalue weighted by molar-refractivity contribution is -0.163. The maximum atomic E-state index is 13.8. The molecule has 0 saturated carbocycles. The van der Waals surface area contributed by atoms with Crippen molar-refractivity contribution in [3.8, 4) is 0 Å². The van der Waals surface area contributed by atoms with E-state index >= 15 is 0 Å². The molecule has 2 saturated heterocycles. The van der Waals surface area contributed by atoms with Gasteiger partial charge in [0.05, 0.1) is 6.04 Å². The van der Waals surface area contributed by atoms with Crippen molar-refractivity contribution < 1.29 is 28.7 Å². The smallest absolute Gasteiger partial charge is 0.329 e. The van der Waals surface area contributed by atoms with Crippen LogP contribution < -0.4 is 21.3 Å². The number of hydrogen-bond donors (Lipinski definition) is 4. The third-order valence-corrected chi connectivity index (χ3v) is 8.08. The highest BCUT2D eigenvalue weighted by molar-refractivity contribution is 5.96. The van der Waals surface area contributed by atoms with Crippen molar-refractivity contribution in [2.75, 3.05) is 13.1 Å². The minimum Gasteiger partial charge on any atom is -0.458 e. The number of benzene rings is 1. The van der Waals surface area contributed by atoms with Gasteiger partial charge in [-0.2, -0.15) is 0 Å². The van der Waals surface area contributed by atoms with Crippen molar-refractivity contribution in [3.05, 3.63) is 35.9 Å². The van der Waals surface area contributed by atoms with Crippen LogP contribution in [-0.2, 0) is 35.1 Å². The van der Waals surface area contributed by atoms with E-state index in [9.17, 15) is 24.0 Å². The summed E-state index contributed by atoms with van der Waals surface area (Å²) in [7, 11) is 0. The van der Waals surface area contributed by atoms with E-state index in [1.165, 1.54) is 4.90 Å². The first kappa shape index (κ1) is 36.0. The van der Waals surface area contributed by atoms with Crippen molar-refractivity contribution in [1.29, 1.82) is 0 Å². The van der Waals surface area contributed by atoms with Crippen LogP contribution in [-0.4, -0.2) is 83.4 Å². The molecule has 0 aromatic heterocycles. The van der Waals surface area contributed by atoms with Crippen LogP contribution in [0.3, 0.4) is 0 Å². The molecule has 45 heavy (non-hydrogen) atoms. The first-order valence-corrected chi connectivity index (χ1v) is 16.4. The largest absolute Gasteiger partial charge is 0.458 e. The number of ether oxygens (including phenoxy) is 1. The van der Waals surface area contributed by atoms with Crippen LogP contribution in [0.15, 0.2) is 30.3 Å². The minimum absolute atomic E-state index is 0.0728. The number of carbonyl (C=O) groups excluding carboxylic acids is 5. The number of esters is 1. The molecule has 0 radical (unpaired) electrons. The zero-order valence-electron chi connectivity index (χ0n) is 28.0. The molecule has 250 valence electrons. The summed E-state index contributed by atoms with van der Waals surface area (Å²) in [6, 6.07) is 5.58. The van der Waals surface area contributed by atoms with Crippen molar-refractivity contribution in [3.63, 3.8) is 0 Å². The van der Waals surface area contributed by atoms with Crippen LogP contribution in [0, 0.1) is 11.8 Å². The molecule has 1 aromatic rings. The number of amides is 4. The van der Waals surface area contributed by atoms with Gasteiger partial charge in [-0.15, -0.1) is 0 Å². The normalized spacial score (nSPS) is 20.4. The van der Waals surface area contributed by atoms with E-state index in [4.69, 9.17) is 4.74 Å². The van der Waals surface area contributed by atoms with Crippen molar-refractivity contribution in [2.24, 2.45) is 11.8 Å². The van der Waals surface area contributed by atoms with Crippen molar-refractivity contribution in [2.45, 2.75) is 123 Å². The molecule has 2 aliphatic heterocycles. The highest BCUT2D eigenvalue weighted by atomic mass is 16.6. The monoisotopic (exact) mass is 627 g/mol. The molecule has 4 amide bonds. The second kappa shape index (κ2) is 16.2. The molecule has 2 heterocycles. The number of rotatable bonds is 13. The number of likely N-dealkylation sites (tertiary alicyclic amines) is 1. The van der Waals surface area contributed by atoms with Gasteiger partial charge in [0.1, 0.15) is 29.8 Å². The van der Waals surface area contributed by atoms with E-state index < -0.39 is 47.6 Å². The third kappa shape index (κ3) is 10.8. The Morgan fingerprint density at radius 2 is 1.60 bits per heavy atom. The van der Waals surface area contributed by atoms with E-state index in [-0.39, 0.29) is 36.1 Å². The van der Waals surface area contributed by atoms with Crippen LogP contribution in [0.2, 0.25) is 0 Å². The lowest BCUT2D eigenvalue weighted by Gasteiger charge is -2.32. The Balaban J connectivity index is 1.76.